The van der Waals surface area contributed by atoms with Crippen LogP contribution in [0.3, 0.4) is 0 Å². The van der Waals surface area contributed by atoms with Gasteiger partial charge < -0.3 is 10.5 Å². The zero-order valence-corrected chi connectivity index (χ0v) is 12.9. The molecular formula is C15H15F3N4O2. The number of rotatable bonds is 5. The standard InChI is InChI=1S/C15H15F3N4O2/c1-3-5-10(23)14(19)9-6-4-7-12(20-9)24-13-8-11(15(16,17)18)21-22(13)2/h3-8,14H,19H2,1-2H3. The van der Waals surface area contributed by atoms with Crippen molar-refractivity contribution in [2.75, 3.05) is 0 Å². The largest absolute Gasteiger partial charge is 0.435 e. The summed E-state index contributed by atoms with van der Waals surface area (Å²) >= 11 is 0. The highest BCUT2D eigenvalue weighted by molar-refractivity contribution is 5.94. The third kappa shape index (κ3) is 3.99. The first-order chi connectivity index (χ1) is 11.2. The molecule has 0 saturated heterocycles. The maximum absolute atomic E-state index is 12.6. The third-order valence-corrected chi connectivity index (χ3v) is 3.04. The summed E-state index contributed by atoms with van der Waals surface area (Å²) in [6.07, 6.45) is -1.71. The van der Waals surface area contributed by atoms with Crippen LogP contribution < -0.4 is 10.5 Å². The van der Waals surface area contributed by atoms with Crippen LogP contribution in [0.25, 0.3) is 0 Å². The zero-order chi connectivity index (χ0) is 17.9. The molecule has 0 amide bonds. The Balaban J connectivity index is 2.24. The number of hydrogen-bond acceptors (Lipinski definition) is 5. The smallest absolute Gasteiger partial charge is 0.421 e. The fourth-order valence-electron chi connectivity index (χ4n) is 1.87. The second kappa shape index (κ2) is 6.83. The lowest BCUT2D eigenvalue weighted by molar-refractivity contribution is -0.141. The highest BCUT2D eigenvalue weighted by Gasteiger charge is 2.35. The van der Waals surface area contributed by atoms with Crippen LogP contribution in [0.1, 0.15) is 24.4 Å². The highest BCUT2D eigenvalue weighted by atomic mass is 19.4. The molecule has 2 heterocycles. The number of allylic oxidation sites excluding steroid dienone is 1. The van der Waals surface area contributed by atoms with Gasteiger partial charge in [-0.05, 0) is 19.1 Å². The van der Waals surface area contributed by atoms with Crippen molar-refractivity contribution >= 4 is 5.78 Å². The number of alkyl halides is 3. The number of carbonyl (C=O) groups is 1. The number of ketones is 1. The van der Waals surface area contributed by atoms with Crippen LogP contribution in [0.4, 0.5) is 13.2 Å². The monoisotopic (exact) mass is 340 g/mol. The van der Waals surface area contributed by atoms with Crippen molar-refractivity contribution in [2.24, 2.45) is 12.8 Å². The van der Waals surface area contributed by atoms with Gasteiger partial charge >= 0.3 is 6.18 Å². The first-order valence-electron chi connectivity index (χ1n) is 6.90. The summed E-state index contributed by atoms with van der Waals surface area (Å²) < 4.78 is 44.2. The van der Waals surface area contributed by atoms with E-state index >= 15 is 0 Å². The SMILES string of the molecule is CC=CC(=O)C(N)c1cccc(Oc2cc(C(F)(F)F)nn2C)n1. The Bertz CT molecular complexity index is 768. The summed E-state index contributed by atoms with van der Waals surface area (Å²) in [6, 6.07) is 4.29. The van der Waals surface area contributed by atoms with Crippen molar-refractivity contribution in [1.29, 1.82) is 0 Å². The van der Waals surface area contributed by atoms with Gasteiger partial charge in [-0.25, -0.2) is 9.67 Å². The summed E-state index contributed by atoms with van der Waals surface area (Å²) in [4.78, 5) is 15.8. The zero-order valence-electron chi connectivity index (χ0n) is 12.9. The van der Waals surface area contributed by atoms with Crippen LogP contribution in [-0.2, 0) is 18.0 Å². The summed E-state index contributed by atoms with van der Waals surface area (Å²) in [5.41, 5.74) is 4.96. The third-order valence-electron chi connectivity index (χ3n) is 3.04. The van der Waals surface area contributed by atoms with E-state index in [0.717, 1.165) is 10.7 Å². The van der Waals surface area contributed by atoms with Gasteiger partial charge in [-0.2, -0.15) is 18.3 Å². The fraction of sp³-hybridized carbons (Fsp3) is 0.267. The van der Waals surface area contributed by atoms with Crippen molar-refractivity contribution in [3.63, 3.8) is 0 Å². The molecule has 0 spiro atoms. The van der Waals surface area contributed by atoms with Crippen molar-refractivity contribution in [3.8, 4) is 11.8 Å². The van der Waals surface area contributed by atoms with Crippen molar-refractivity contribution < 1.29 is 22.7 Å². The molecule has 128 valence electrons. The normalized spacial score (nSPS) is 13.2. The van der Waals surface area contributed by atoms with Crippen molar-refractivity contribution in [1.82, 2.24) is 14.8 Å². The van der Waals surface area contributed by atoms with E-state index in [1.54, 1.807) is 19.1 Å². The van der Waals surface area contributed by atoms with E-state index in [1.165, 1.54) is 25.3 Å². The minimum absolute atomic E-state index is 0.00736. The Kier molecular flexibility index (Phi) is 5.03. The number of nitrogens with two attached hydrogens (primary N) is 1. The van der Waals surface area contributed by atoms with E-state index in [1.807, 2.05) is 0 Å². The molecule has 0 bridgehead atoms. The van der Waals surface area contributed by atoms with Gasteiger partial charge in [0.15, 0.2) is 11.5 Å². The lowest BCUT2D eigenvalue weighted by atomic mass is 10.1. The summed E-state index contributed by atoms with van der Waals surface area (Å²) in [7, 11) is 1.32. The van der Waals surface area contributed by atoms with Crippen molar-refractivity contribution in [2.45, 2.75) is 19.1 Å². The first kappa shape index (κ1) is 17.7. The van der Waals surface area contributed by atoms with Gasteiger partial charge in [-0.15, -0.1) is 0 Å². The molecule has 2 rings (SSSR count). The topological polar surface area (TPSA) is 83.0 Å². The molecule has 2 N–H and O–H groups in total. The van der Waals surface area contributed by atoms with E-state index in [2.05, 4.69) is 10.1 Å². The van der Waals surface area contributed by atoms with Crippen LogP contribution >= 0.6 is 0 Å². The van der Waals surface area contributed by atoms with E-state index in [0.29, 0.717) is 0 Å². The van der Waals surface area contributed by atoms with Gasteiger partial charge in [0.25, 0.3) is 0 Å². The molecule has 0 aromatic carbocycles. The molecule has 0 saturated carbocycles. The summed E-state index contributed by atoms with van der Waals surface area (Å²) in [5.74, 6) is -0.477. The quantitative estimate of drug-likeness (QED) is 0.846. The van der Waals surface area contributed by atoms with E-state index in [9.17, 15) is 18.0 Å². The second-order valence-electron chi connectivity index (χ2n) is 4.87. The van der Waals surface area contributed by atoms with Gasteiger partial charge in [0.1, 0.15) is 6.04 Å². The van der Waals surface area contributed by atoms with Crippen LogP contribution in [0.15, 0.2) is 36.4 Å². The molecule has 9 heteroatoms. The Morgan fingerprint density at radius 1 is 1.42 bits per heavy atom. The molecule has 0 aliphatic carbocycles. The average molecular weight is 340 g/mol. The van der Waals surface area contributed by atoms with E-state index in [4.69, 9.17) is 10.5 Å². The predicted molar refractivity (Wildman–Crippen MR) is 79.3 cm³/mol. The highest BCUT2D eigenvalue weighted by Crippen LogP contribution is 2.31. The molecule has 0 fully saturated rings. The van der Waals surface area contributed by atoms with Gasteiger partial charge in [0.05, 0.1) is 5.69 Å². The molecule has 2 aromatic heterocycles. The molecule has 0 aliphatic rings. The molecule has 6 nitrogen and oxygen atoms in total. The number of nitrogens with zero attached hydrogens (tertiary/aromatic N) is 3. The number of carbonyl (C=O) groups excluding carboxylic acids is 1. The Hall–Kier alpha value is -2.68. The minimum Gasteiger partial charge on any atom is -0.421 e. The first-order valence-corrected chi connectivity index (χ1v) is 6.90. The van der Waals surface area contributed by atoms with Crippen LogP contribution in [0.5, 0.6) is 11.8 Å². The molecule has 24 heavy (non-hydrogen) atoms. The number of hydrogen-bond donors (Lipinski definition) is 1. The lowest BCUT2D eigenvalue weighted by Crippen LogP contribution is -2.20. The molecular weight excluding hydrogens is 325 g/mol. The Morgan fingerprint density at radius 3 is 2.71 bits per heavy atom. The number of aryl methyl sites for hydroxylation is 1. The van der Waals surface area contributed by atoms with Gasteiger partial charge in [0, 0.05) is 19.2 Å². The molecule has 1 unspecified atom stereocenters. The molecule has 1 atom stereocenters. The molecule has 2 aromatic rings. The minimum atomic E-state index is -4.57. The summed E-state index contributed by atoms with van der Waals surface area (Å²) in [5, 5.41) is 3.34. The van der Waals surface area contributed by atoms with Crippen LogP contribution in [0.2, 0.25) is 0 Å². The maximum Gasteiger partial charge on any atom is 0.435 e. The van der Waals surface area contributed by atoms with E-state index < -0.39 is 17.9 Å². The Morgan fingerprint density at radius 2 is 2.12 bits per heavy atom. The van der Waals surface area contributed by atoms with Gasteiger partial charge in [-0.1, -0.05) is 12.1 Å². The van der Waals surface area contributed by atoms with Crippen LogP contribution in [0, 0.1) is 0 Å². The van der Waals surface area contributed by atoms with E-state index in [-0.39, 0.29) is 23.2 Å². The fourth-order valence-corrected chi connectivity index (χ4v) is 1.87. The predicted octanol–water partition coefficient (Wildman–Crippen LogP) is 2.77. The van der Waals surface area contributed by atoms with Gasteiger partial charge in [-0.3, -0.25) is 4.79 Å². The van der Waals surface area contributed by atoms with Gasteiger partial charge in [0.2, 0.25) is 11.8 Å². The second-order valence-corrected chi connectivity index (χ2v) is 4.87. The summed E-state index contributed by atoms with van der Waals surface area (Å²) in [6.45, 7) is 1.68. The number of ether oxygens (including phenoxy) is 1. The maximum atomic E-state index is 12.6. The number of pyridine rings is 1. The van der Waals surface area contributed by atoms with Crippen LogP contribution in [-0.4, -0.2) is 20.5 Å². The Labute approximate surface area is 135 Å². The average Bonchev–Trinajstić information content (AvgIpc) is 2.88. The number of aromatic nitrogens is 3. The number of halogens is 3. The molecule has 0 radical (unpaired) electrons. The lowest BCUT2D eigenvalue weighted by Gasteiger charge is -2.10. The van der Waals surface area contributed by atoms with Crippen molar-refractivity contribution in [3.05, 3.63) is 47.8 Å². The molecule has 0 aliphatic heterocycles.